The van der Waals surface area contributed by atoms with E-state index in [2.05, 4.69) is 5.32 Å². The quantitative estimate of drug-likeness (QED) is 0.836. The fraction of sp³-hybridized carbons (Fsp3) is 0.294. The van der Waals surface area contributed by atoms with Crippen molar-refractivity contribution in [3.05, 3.63) is 54.1 Å². The van der Waals surface area contributed by atoms with Crippen LogP contribution in [0.4, 0.5) is 18.9 Å². The maximum absolute atomic E-state index is 13.3. The topological polar surface area (TPSA) is 55.4 Å². The van der Waals surface area contributed by atoms with Crippen LogP contribution in [-0.2, 0) is 9.84 Å². The van der Waals surface area contributed by atoms with Crippen LogP contribution >= 0.6 is 0 Å². The molecule has 1 N–H and O–H groups in total. The molecule has 0 aromatic heterocycles. The average Bonchev–Trinajstić information content (AvgIpc) is 2.54. The van der Waals surface area contributed by atoms with Crippen LogP contribution in [0.2, 0.25) is 0 Å². The van der Waals surface area contributed by atoms with Crippen molar-refractivity contribution in [3.8, 4) is 5.75 Å². The molecule has 0 radical (unpaired) electrons. The Bertz CT molecular complexity index is 801. The average molecular weight is 373 g/mol. The summed E-state index contributed by atoms with van der Waals surface area (Å²) in [6, 6.07) is 9.27. The summed E-state index contributed by atoms with van der Waals surface area (Å²) >= 11 is 0. The van der Waals surface area contributed by atoms with Crippen LogP contribution in [0.3, 0.4) is 0 Å². The second kappa shape index (κ2) is 7.35. The van der Waals surface area contributed by atoms with Crippen LogP contribution in [0.5, 0.6) is 5.75 Å². The van der Waals surface area contributed by atoms with Crippen LogP contribution in [0.1, 0.15) is 5.56 Å². The molecule has 2 aromatic carbocycles. The minimum atomic E-state index is -4.72. The van der Waals surface area contributed by atoms with E-state index in [4.69, 9.17) is 4.74 Å². The predicted molar refractivity (Wildman–Crippen MR) is 89.7 cm³/mol. The molecule has 136 valence electrons. The van der Waals surface area contributed by atoms with Gasteiger partial charge in [0.25, 0.3) is 0 Å². The van der Waals surface area contributed by atoms with Crippen LogP contribution < -0.4 is 10.1 Å². The molecule has 8 heteroatoms. The third kappa shape index (κ3) is 5.12. The molecule has 0 bridgehead atoms. The molecule has 0 saturated carbocycles. The van der Waals surface area contributed by atoms with Gasteiger partial charge < -0.3 is 10.1 Å². The third-order valence-electron chi connectivity index (χ3n) is 3.59. The summed E-state index contributed by atoms with van der Waals surface area (Å²) in [7, 11) is -2.66. The Morgan fingerprint density at radius 2 is 1.60 bits per heavy atom. The highest BCUT2D eigenvalue weighted by molar-refractivity contribution is 7.91. The van der Waals surface area contributed by atoms with Gasteiger partial charge in [0.1, 0.15) is 11.8 Å². The van der Waals surface area contributed by atoms with Crippen molar-refractivity contribution in [2.75, 3.05) is 18.2 Å². The fourth-order valence-corrected chi connectivity index (χ4v) is 3.62. The van der Waals surface area contributed by atoms with Crippen molar-refractivity contribution < 1.29 is 26.3 Å². The van der Waals surface area contributed by atoms with Gasteiger partial charge in [-0.25, -0.2) is 8.42 Å². The minimum absolute atomic E-state index is 0.135. The molecule has 0 aliphatic carbocycles. The van der Waals surface area contributed by atoms with Gasteiger partial charge in [-0.05, 0) is 43.3 Å². The number of alkyl halides is 3. The molecule has 0 unspecified atom stereocenters. The molecule has 2 rings (SSSR count). The van der Waals surface area contributed by atoms with E-state index in [1.165, 1.54) is 43.5 Å². The van der Waals surface area contributed by atoms with E-state index < -0.39 is 27.8 Å². The van der Waals surface area contributed by atoms with Crippen molar-refractivity contribution in [2.24, 2.45) is 0 Å². The summed E-state index contributed by atoms with van der Waals surface area (Å²) in [6.45, 7) is 1.76. The number of anilines is 1. The Kier molecular flexibility index (Phi) is 5.62. The minimum Gasteiger partial charge on any atom is -0.497 e. The van der Waals surface area contributed by atoms with E-state index in [1.54, 1.807) is 19.1 Å². The highest BCUT2D eigenvalue weighted by Gasteiger charge is 2.42. The molecule has 0 amide bonds. The number of hydrogen-bond acceptors (Lipinski definition) is 4. The summed E-state index contributed by atoms with van der Waals surface area (Å²) in [5.41, 5.74) is 0.977. The molecule has 2 aromatic rings. The molecular formula is C17H18F3NO3S. The molecule has 0 fully saturated rings. The summed E-state index contributed by atoms with van der Waals surface area (Å²) in [4.78, 5) is -0.135. The normalized spacial score (nSPS) is 13.3. The van der Waals surface area contributed by atoms with E-state index in [1.807, 2.05) is 0 Å². The SMILES string of the molecule is COc1ccc(N[C@H](CS(=O)(=O)c2ccc(C)cc2)C(F)(F)F)cc1. The van der Waals surface area contributed by atoms with E-state index >= 15 is 0 Å². The second-order valence-corrected chi connectivity index (χ2v) is 7.60. The zero-order chi connectivity index (χ0) is 18.7. The van der Waals surface area contributed by atoms with Gasteiger partial charge in [-0.2, -0.15) is 13.2 Å². The molecule has 0 spiro atoms. The predicted octanol–water partition coefficient (Wildman–Crippen LogP) is 3.82. The lowest BCUT2D eigenvalue weighted by Gasteiger charge is -2.22. The number of sulfone groups is 1. The summed E-state index contributed by atoms with van der Waals surface area (Å²) < 4.78 is 69.5. The van der Waals surface area contributed by atoms with Crippen molar-refractivity contribution in [1.82, 2.24) is 0 Å². The first kappa shape index (κ1) is 19.1. The molecule has 0 aliphatic heterocycles. The zero-order valence-electron chi connectivity index (χ0n) is 13.7. The Morgan fingerprint density at radius 1 is 1.04 bits per heavy atom. The largest absolute Gasteiger partial charge is 0.497 e. The van der Waals surface area contributed by atoms with Gasteiger partial charge in [-0.1, -0.05) is 17.7 Å². The number of nitrogens with one attached hydrogen (secondary N) is 1. The standard InChI is InChI=1S/C17H18F3NO3S/c1-12-3-9-15(10-4-12)25(22,23)11-16(17(18,19)20)21-13-5-7-14(24-2)8-6-13/h3-10,16,21H,11H2,1-2H3/t16-/m1/s1. The summed E-state index contributed by atoms with van der Waals surface area (Å²) in [5.74, 6) is -0.604. The van der Waals surface area contributed by atoms with Gasteiger partial charge >= 0.3 is 6.18 Å². The molecule has 25 heavy (non-hydrogen) atoms. The van der Waals surface area contributed by atoms with Crippen LogP contribution in [0.15, 0.2) is 53.4 Å². The number of aryl methyl sites for hydroxylation is 1. The van der Waals surface area contributed by atoms with Crippen molar-refractivity contribution in [3.63, 3.8) is 0 Å². The Morgan fingerprint density at radius 3 is 2.08 bits per heavy atom. The lowest BCUT2D eigenvalue weighted by atomic mass is 10.2. The lowest BCUT2D eigenvalue weighted by Crippen LogP contribution is -2.42. The number of hydrogen-bond donors (Lipinski definition) is 1. The van der Waals surface area contributed by atoms with Gasteiger partial charge in [0.05, 0.1) is 17.8 Å². The molecule has 0 heterocycles. The molecule has 1 atom stereocenters. The number of methoxy groups -OCH3 is 1. The molecule has 0 aliphatic rings. The van der Waals surface area contributed by atoms with Gasteiger partial charge in [0.15, 0.2) is 9.84 Å². The highest BCUT2D eigenvalue weighted by atomic mass is 32.2. The second-order valence-electron chi connectivity index (χ2n) is 5.56. The fourth-order valence-electron chi connectivity index (χ4n) is 2.17. The van der Waals surface area contributed by atoms with Gasteiger partial charge in [0, 0.05) is 5.69 Å². The van der Waals surface area contributed by atoms with E-state index in [0.717, 1.165) is 5.56 Å². The van der Waals surface area contributed by atoms with Crippen LogP contribution in [0, 0.1) is 6.92 Å². The smallest absolute Gasteiger partial charge is 0.409 e. The van der Waals surface area contributed by atoms with Crippen LogP contribution in [-0.4, -0.2) is 33.5 Å². The first-order chi connectivity index (χ1) is 11.6. The Hall–Kier alpha value is -2.22. The summed E-state index contributed by atoms with van der Waals surface area (Å²) in [5, 5.41) is 2.25. The van der Waals surface area contributed by atoms with Crippen molar-refractivity contribution in [1.29, 1.82) is 0 Å². The number of ether oxygens (including phenoxy) is 1. The van der Waals surface area contributed by atoms with Gasteiger partial charge in [-0.3, -0.25) is 0 Å². The Labute approximate surface area is 144 Å². The lowest BCUT2D eigenvalue weighted by molar-refractivity contribution is -0.137. The molecular weight excluding hydrogens is 355 g/mol. The van der Waals surface area contributed by atoms with Crippen LogP contribution in [0.25, 0.3) is 0 Å². The third-order valence-corrected chi connectivity index (χ3v) is 5.35. The van der Waals surface area contributed by atoms with E-state index in [0.29, 0.717) is 5.75 Å². The van der Waals surface area contributed by atoms with Crippen molar-refractivity contribution >= 4 is 15.5 Å². The maximum Gasteiger partial charge on any atom is 0.409 e. The zero-order valence-corrected chi connectivity index (χ0v) is 14.5. The first-order valence-electron chi connectivity index (χ1n) is 7.38. The van der Waals surface area contributed by atoms with Crippen molar-refractivity contribution in [2.45, 2.75) is 24.0 Å². The number of halogens is 3. The summed E-state index contributed by atoms with van der Waals surface area (Å²) in [6.07, 6.45) is -4.72. The molecule has 4 nitrogen and oxygen atoms in total. The number of benzene rings is 2. The number of rotatable bonds is 6. The van der Waals surface area contributed by atoms with E-state index in [9.17, 15) is 21.6 Å². The Balaban J connectivity index is 2.23. The first-order valence-corrected chi connectivity index (χ1v) is 9.04. The van der Waals surface area contributed by atoms with Gasteiger partial charge in [-0.15, -0.1) is 0 Å². The highest BCUT2D eigenvalue weighted by Crippen LogP contribution is 2.27. The van der Waals surface area contributed by atoms with Gasteiger partial charge in [0.2, 0.25) is 0 Å². The maximum atomic E-state index is 13.3. The monoisotopic (exact) mass is 373 g/mol. The van der Waals surface area contributed by atoms with E-state index in [-0.39, 0.29) is 10.6 Å². The molecule has 0 saturated heterocycles.